The standard InChI is InChI=1S/C8H15NO3/c1-5-8(2,3)12-7(11)6(10)9-4/h5H2,1-4H3,(H,9,10). The highest BCUT2D eigenvalue weighted by Gasteiger charge is 2.24. The fraction of sp³-hybridized carbons (Fsp3) is 0.750. The van der Waals surface area contributed by atoms with Crippen LogP contribution in [0.3, 0.4) is 0 Å². The molecule has 4 heteroatoms. The lowest BCUT2D eigenvalue weighted by Gasteiger charge is -2.22. The minimum absolute atomic E-state index is 0.566. The summed E-state index contributed by atoms with van der Waals surface area (Å²) in [4.78, 5) is 21.6. The first kappa shape index (κ1) is 10.9. The van der Waals surface area contributed by atoms with E-state index in [2.05, 4.69) is 5.32 Å². The van der Waals surface area contributed by atoms with Gasteiger partial charge in [0.1, 0.15) is 5.60 Å². The van der Waals surface area contributed by atoms with E-state index in [1.54, 1.807) is 13.8 Å². The molecule has 0 aromatic heterocycles. The topological polar surface area (TPSA) is 55.4 Å². The first-order chi connectivity index (χ1) is 5.43. The van der Waals surface area contributed by atoms with Crippen molar-refractivity contribution in [2.24, 2.45) is 0 Å². The predicted octanol–water partition coefficient (Wildman–Crippen LogP) is 0.464. The van der Waals surface area contributed by atoms with E-state index in [0.29, 0.717) is 6.42 Å². The van der Waals surface area contributed by atoms with Gasteiger partial charge in [0.2, 0.25) is 0 Å². The summed E-state index contributed by atoms with van der Waals surface area (Å²) in [7, 11) is 1.39. The van der Waals surface area contributed by atoms with Gasteiger partial charge in [0, 0.05) is 7.05 Å². The summed E-state index contributed by atoms with van der Waals surface area (Å²) in [6.07, 6.45) is 0.676. The summed E-state index contributed by atoms with van der Waals surface area (Å²) in [6, 6.07) is 0. The number of carbonyl (C=O) groups excluding carboxylic acids is 2. The van der Waals surface area contributed by atoms with Crippen molar-refractivity contribution >= 4 is 11.9 Å². The lowest BCUT2D eigenvalue weighted by molar-refractivity contribution is -0.164. The van der Waals surface area contributed by atoms with Crippen molar-refractivity contribution < 1.29 is 14.3 Å². The van der Waals surface area contributed by atoms with Crippen molar-refractivity contribution in [3.05, 3.63) is 0 Å². The first-order valence-electron chi connectivity index (χ1n) is 3.88. The van der Waals surface area contributed by atoms with Gasteiger partial charge in [-0.1, -0.05) is 6.92 Å². The minimum Gasteiger partial charge on any atom is -0.453 e. The van der Waals surface area contributed by atoms with Crippen molar-refractivity contribution in [1.82, 2.24) is 5.32 Å². The Hall–Kier alpha value is -1.06. The van der Waals surface area contributed by atoms with Crippen molar-refractivity contribution in [2.75, 3.05) is 7.05 Å². The van der Waals surface area contributed by atoms with Crippen LogP contribution in [0.1, 0.15) is 27.2 Å². The molecular formula is C8H15NO3. The Bertz CT molecular complexity index is 187. The fourth-order valence-electron chi connectivity index (χ4n) is 0.472. The molecule has 0 radical (unpaired) electrons. The molecule has 0 fully saturated rings. The van der Waals surface area contributed by atoms with E-state index in [9.17, 15) is 9.59 Å². The Balaban J connectivity index is 4.09. The van der Waals surface area contributed by atoms with E-state index < -0.39 is 17.5 Å². The summed E-state index contributed by atoms with van der Waals surface area (Å²) in [5.74, 6) is -1.54. The molecule has 0 bridgehead atoms. The van der Waals surface area contributed by atoms with Gasteiger partial charge in [-0.05, 0) is 20.3 Å². The summed E-state index contributed by atoms with van der Waals surface area (Å²) in [6.45, 7) is 5.40. The smallest absolute Gasteiger partial charge is 0.397 e. The number of ether oxygens (including phenoxy) is 1. The maximum atomic E-state index is 10.9. The molecule has 0 aromatic carbocycles. The predicted molar refractivity (Wildman–Crippen MR) is 44.5 cm³/mol. The monoisotopic (exact) mass is 173 g/mol. The molecule has 0 saturated heterocycles. The van der Waals surface area contributed by atoms with Crippen LogP contribution in [0.4, 0.5) is 0 Å². The van der Waals surface area contributed by atoms with Gasteiger partial charge < -0.3 is 10.1 Å². The van der Waals surface area contributed by atoms with Gasteiger partial charge in [0.15, 0.2) is 0 Å². The van der Waals surface area contributed by atoms with Gasteiger partial charge in [0.05, 0.1) is 0 Å². The quantitative estimate of drug-likeness (QED) is 0.487. The summed E-state index contributed by atoms with van der Waals surface area (Å²) < 4.78 is 4.89. The largest absolute Gasteiger partial charge is 0.453 e. The molecule has 0 unspecified atom stereocenters. The van der Waals surface area contributed by atoms with E-state index in [-0.39, 0.29) is 0 Å². The van der Waals surface area contributed by atoms with Crippen LogP contribution in [0.25, 0.3) is 0 Å². The van der Waals surface area contributed by atoms with E-state index in [1.165, 1.54) is 7.05 Å². The lowest BCUT2D eigenvalue weighted by atomic mass is 10.1. The van der Waals surface area contributed by atoms with Crippen LogP contribution >= 0.6 is 0 Å². The van der Waals surface area contributed by atoms with Gasteiger partial charge in [0.25, 0.3) is 0 Å². The third-order valence-electron chi connectivity index (χ3n) is 1.63. The van der Waals surface area contributed by atoms with Gasteiger partial charge in [-0.2, -0.15) is 0 Å². The molecule has 0 heterocycles. The summed E-state index contributed by atoms with van der Waals surface area (Å²) >= 11 is 0. The molecule has 0 aliphatic carbocycles. The van der Waals surface area contributed by atoms with Crippen molar-refractivity contribution in [3.8, 4) is 0 Å². The summed E-state index contributed by atoms with van der Waals surface area (Å²) in [5, 5.41) is 2.20. The number of esters is 1. The Kier molecular flexibility index (Phi) is 3.73. The number of nitrogens with one attached hydrogen (secondary N) is 1. The van der Waals surface area contributed by atoms with Crippen molar-refractivity contribution in [3.63, 3.8) is 0 Å². The zero-order chi connectivity index (χ0) is 9.78. The van der Waals surface area contributed by atoms with E-state index in [4.69, 9.17) is 4.74 Å². The average Bonchev–Trinajstić information content (AvgIpc) is 2.02. The number of hydrogen-bond donors (Lipinski definition) is 1. The number of likely N-dealkylation sites (N-methyl/N-ethyl adjacent to an activating group) is 1. The zero-order valence-electron chi connectivity index (χ0n) is 7.93. The van der Waals surface area contributed by atoms with Gasteiger partial charge in [-0.15, -0.1) is 0 Å². The van der Waals surface area contributed by atoms with E-state index >= 15 is 0 Å². The number of carbonyl (C=O) groups is 2. The Morgan fingerprint density at radius 1 is 1.42 bits per heavy atom. The van der Waals surface area contributed by atoms with Crippen LogP contribution in [-0.2, 0) is 14.3 Å². The number of rotatable bonds is 2. The van der Waals surface area contributed by atoms with Gasteiger partial charge in [-0.3, -0.25) is 4.79 Å². The highest BCUT2D eigenvalue weighted by Crippen LogP contribution is 2.13. The molecule has 0 aromatic rings. The molecule has 1 N–H and O–H groups in total. The van der Waals surface area contributed by atoms with Crippen LogP contribution in [0.15, 0.2) is 0 Å². The maximum Gasteiger partial charge on any atom is 0.397 e. The normalized spacial score (nSPS) is 10.7. The van der Waals surface area contributed by atoms with Crippen LogP contribution in [0.2, 0.25) is 0 Å². The highest BCUT2D eigenvalue weighted by molar-refractivity contribution is 6.32. The van der Waals surface area contributed by atoms with Crippen LogP contribution < -0.4 is 5.32 Å². The molecule has 0 saturated carbocycles. The second-order valence-corrected chi connectivity index (χ2v) is 3.08. The molecule has 12 heavy (non-hydrogen) atoms. The van der Waals surface area contributed by atoms with E-state index in [1.807, 2.05) is 6.92 Å². The van der Waals surface area contributed by atoms with Crippen molar-refractivity contribution in [1.29, 1.82) is 0 Å². The Labute approximate surface area is 72.3 Å². The molecule has 0 rings (SSSR count). The van der Waals surface area contributed by atoms with E-state index in [0.717, 1.165) is 0 Å². The SMILES string of the molecule is CCC(C)(C)OC(=O)C(=O)NC. The lowest BCUT2D eigenvalue weighted by Crippen LogP contribution is -2.36. The highest BCUT2D eigenvalue weighted by atomic mass is 16.6. The second kappa shape index (κ2) is 4.09. The van der Waals surface area contributed by atoms with Crippen LogP contribution in [0, 0.1) is 0 Å². The molecule has 0 aliphatic rings. The number of hydrogen-bond acceptors (Lipinski definition) is 3. The molecule has 70 valence electrons. The second-order valence-electron chi connectivity index (χ2n) is 3.08. The van der Waals surface area contributed by atoms with Gasteiger partial charge >= 0.3 is 11.9 Å². The molecule has 0 atom stereocenters. The zero-order valence-corrected chi connectivity index (χ0v) is 7.93. The third-order valence-corrected chi connectivity index (χ3v) is 1.63. The van der Waals surface area contributed by atoms with Crippen LogP contribution in [-0.4, -0.2) is 24.5 Å². The molecule has 0 aliphatic heterocycles. The third kappa shape index (κ3) is 3.37. The number of amides is 1. The maximum absolute atomic E-state index is 10.9. The molecule has 4 nitrogen and oxygen atoms in total. The van der Waals surface area contributed by atoms with Crippen LogP contribution in [0.5, 0.6) is 0 Å². The first-order valence-corrected chi connectivity index (χ1v) is 3.88. The molecule has 1 amide bonds. The Morgan fingerprint density at radius 3 is 2.25 bits per heavy atom. The van der Waals surface area contributed by atoms with Gasteiger partial charge in [-0.25, -0.2) is 4.79 Å². The molecule has 0 spiro atoms. The molecular weight excluding hydrogens is 158 g/mol. The fourth-order valence-corrected chi connectivity index (χ4v) is 0.472. The van der Waals surface area contributed by atoms with Crippen molar-refractivity contribution in [2.45, 2.75) is 32.8 Å². The average molecular weight is 173 g/mol. The minimum atomic E-state index is -0.829. The summed E-state index contributed by atoms with van der Waals surface area (Å²) in [5.41, 5.74) is -0.566. The Morgan fingerprint density at radius 2 is 1.92 bits per heavy atom.